The van der Waals surface area contributed by atoms with Crippen molar-refractivity contribution in [2.45, 2.75) is 52.6 Å². The Kier molecular flexibility index (Phi) is 3.59. The molecule has 1 N–H and O–H groups in total. The summed E-state index contributed by atoms with van der Waals surface area (Å²) in [7, 11) is 0. The molecule has 2 unspecified atom stereocenters. The molecule has 0 aromatic carbocycles. The van der Waals surface area contributed by atoms with E-state index >= 15 is 0 Å². The van der Waals surface area contributed by atoms with Gasteiger partial charge in [-0.3, -0.25) is 0 Å². The third-order valence-corrected chi connectivity index (χ3v) is 4.22. The standard InChI is InChI=1S/C12H24O2/c1-5-10(6-8-13)12(4)11(2,3)7-9-14-12/h10,13H,5-9H2,1-4H3. The van der Waals surface area contributed by atoms with Crippen molar-refractivity contribution in [1.82, 2.24) is 0 Å². The van der Waals surface area contributed by atoms with Gasteiger partial charge in [-0.15, -0.1) is 0 Å². The van der Waals surface area contributed by atoms with E-state index < -0.39 is 0 Å². The summed E-state index contributed by atoms with van der Waals surface area (Å²) in [5, 5.41) is 9.06. The van der Waals surface area contributed by atoms with E-state index in [4.69, 9.17) is 9.84 Å². The molecule has 1 heterocycles. The van der Waals surface area contributed by atoms with Crippen molar-refractivity contribution in [3.05, 3.63) is 0 Å². The molecule has 0 bridgehead atoms. The van der Waals surface area contributed by atoms with Gasteiger partial charge >= 0.3 is 0 Å². The summed E-state index contributed by atoms with van der Waals surface area (Å²) in [5.41, 5.74) is 0.188. The molecule has 2 nitrogen and oxygen atoms in total. The van der Waals surface area contributed by atoms with E-state index in [1.165, 1.54) is 0 Å². The number of ether oxygens (including phenoxy) is 1. The molecule has 1 fully saturated rings. The molecule has 2 heteroatoms. The zero-order valence-electron chi connectivity index (χ0n) is 9.97. The lowest BCUT2D eigenvalue weighted by Crippen LogP contribution is -2.45. The van der Waals surface area contributed by atoms with Gasteiger partial charge in [-0.05, 0) is 31.1 Å². The topological polar surface area (TPSA) is 29.5 Å². The molecule has 1 saturated heterocycles. The molecule has 0 amide bonds. The van der Waals surface area contributed by atoms with Crippen LogP contribution in [0.25, 0.3) is 0 Å². The molecule has 0 aliphatic carbocycles. The summed E-state index contributed by atoms with van der Waals surface area (Å²) in [6.07, 6.45) is 3.07. The normalized spacial score (nSPS) is 33.2. The fraction of sp³-hybridized carbons (Fsp3) is 1.00. The van der Waals surface area contributed by atoms with Crippen LogP contribution in [0, 0.1) is 11.3 Å². The van der Waals surface area contributed by atoms with E-state index in [2.05, 4.69) is 27.7 Å². The van der Waals surface area contributed by atoms with Crippen molar-refractivity contribution in [2.24, 2.45) is 11.3 Å². The first kappa shape index (κ1) is 12.0. The van der Waals surface area contributed by atoms with E-state index in [9.17, 15) is 0 Å². The first-order valence-electron chi connectivity index (χ1n) is 5.72. The molecule has 0 aromatic rings. The van der Waals surface area contributed by atoms with E-state index in [0.717, 1.165) is 25.9 Å². The lowest BCUT2D eigenvalue weighted by atomic mass is 9.67. The number of rotatable bonds is 4. The van der Waals surface area contributed by atoms with Gasteiger partial charge in [-0.1, -0.05) is 27.2 Å². The highest BCUT2D eigenvalue weighted by Gasteiger charge is 2.50. The monoisotopic (exact) mass is 200 g/mol. The van der Waals surface area contributed by atoms with Gasteiger partial charge in [-0.25, -0.2) is 0 Å². The molecule has 0 spiro atoms. The molecule has 1 rings (SSSR count). The molecule has 0 radical (unpaired) electrons. The van der Waals surface area contributed by atoms with Crippen molar-refractivity contribution < 1.29 is 9.84 Å². The summed E-state index contributed by atoms with van der Waals surface area (Å²) >= 11 is 0. The average Bonchev–Trinajstić information content (AvgIpc) is 2.38. The Bertz CT molecular complexity index is 189. The molecule has 1 aliphatic rings. The van der Waals surface area contributed by atoms with Gasteiger partial charge in [0.25, 0.3) is 0 Å². The van der Waals surface area contributed by atoms with Gasteiger partial charge in [0.05, 0.1) is 5.60 Å². The van der Waals surface area contributed by atoms with Crippen LogP contribution in [0.2, 0.25) is 0 Å². The van der Waals surface area contributed by atoms with Crippen LogP contribution < -0.4 is 0 Å². The molecular weight excluding hydrogens is 176 g/mol. The van der Waals surface area contributed by atoms with Crippen LogP contribution in [0.1, 0.15) is 47.0 Å². The quantitative estimate of drug-likeness (QED) is 0.756. The molecule has 0 aromatic heterocycles. The van der Waals surface area contributed by atoms with Gasteiger partial charge in [0, 0.05) is 13.2 Å². The highest BCUT2D eigenvalue weighted by molar-refractivity contribution is 4.99. The van der Waals surface area contributed by atoms with E-state index in [0.29, 0.717) is 5.92 Å². The van der Waals surface area contributed by atoms with Gasteiger partial charge in [0.2, 0.25) is 0 Å². The maximum Gasteiger partial charge on any atom is 0.0734 e. The van der Waals surface area contributed by atoms with Crippen molar-refractivity contribution in [3.63, 3.8) is 0 Å². The number of hydrogen-bond donors (Lipinski definition) is 1. The largest absolute Gasteiger partial charge is 0.396 e. The van der Waals surface area contributed by atoms with Crippen LogP contribution in [-0.4, -0.2) is 23.9 Å². The molecule has 14 heavy (non-hydrogen) atoms. The second-order valence-electron chi connectivity index (χ2n) is 5.21. The highest BCUT2D eigenvalue weighted by atomic mass is 16.5. The van der Waals surface area contributed by atoms with Crippen LogP contribution in [0.3, 0.4) is 0 Å². The third-order valence-electron chi connectivity index (χ3n) is 4.22. The number of aliphatic hydroxyl groups excluding tert-OH is 1. The minimum absolute atomic E-state index is 0.0511. The summed E-state index contributed by atoms with van der Waals surface area (Å²) in [5.74, 6) is 0.477. The van der Waals surface area contributed by atoms with Crippen molar-refractivity contribution in [2.75, 3.05) is 13.2 Å². The van der Waals surface area contributed by atoms with Gasteiger partial charge in [0.15, 0.2) is 0 Å². The highest BCUT2D eigenvalue weighted by Crippen LogP contribution is 2.49. The minimum atomic E-state index is -0.0511. The summed E-state index contributed by atoms with van der Waals surface area (Å²) < 4.78 is 5.95. The third kappa shape index (κ3) is 1.82. The maximum absolute atomic E-state index is 9.06. The fourth-order valence-electron chi connectivity index (χ4n) is 2.66. The average molecular weight is 200 g/mol. The smallest absolute Gasteiger partial charge is 0.0734 e. The second kappa shape index (κ2) is 4.19. The fourth-order valence-corrected chi connectivity index (χ4v) is 2.66. The minimum Gasteiger partial charge on any atom is -0.396 e. The Labute approximate surface area is 87.7 Å². The first-order chi connectivity index (χ1) is 6.48. The lowest BCUT2D eigenvalue weighted by Gasteiger charge is -2.43. The van der Waals surface area contributed by atoms with Gasteiger partial charge in [-0.2, -0.15) is 0 Å². The van der Waals surface area contributed by atoms with Gasteiger partial charge in [0.1, 0.15) is 0 Å². The van der Waals surface area contributed by atoms with E-state index in [-0.39, 0.29) is 17.6 Å². The Hall–Kier alpha value is -0.0800. The zero-order chi connectivity index (χ0) is 10.8. The SMILES string of the molecule is CCC(CCO)C1(C)OCCC1(C)C. The predicted octanol–water partition coefficient (Wildman–Crippen LogP) is 2.60. The van der Waals surface area contributed by atoms with Crippen LogP contribution in [0.15, 0.2) is 0 Å². The first-order valence-corrected chi connectivity index (χ1v) is 5.72. The molecular formula is C12H24O2. The van der Waals surface area contributed by atoms with Crippen LogP contribution in [-0.2, 0) is 4.74 Å². The lowest BCUT2D eigenvalue weighted by molar-refractivity contribution is -0.0885. The zero-order valence-corrected chi connectivity index (χ0v) is 9.97. The molecule has 0 saturated carbocycles. The van der Waals surface area contributed by atoms with Crippen LogP contribution in [0.5, 0.6) is 0 Å². The number of aliphatic hydroxyl groups is 1. The Balaban J connectivity index is 2.80. The van der Waals surface area contributed by atoms with E-state index in [1.54, 1.807) is 0 Å². The predicted molar refractivity (Wildman–Crippen MR) is 58.2 cm³/mol. The second-order valence-corrected chi connectivity index (χ2v) is 5.21. The molecule has 1 aliphatic heterocycles. The molecule has 2 atom stereocenters. The molecule has 84 valence electrons. The summed E-state index contributed by atoms with van der Waals surface area (Å²) in [6.45, 7) is 10.1. The van der Waals surface area contributed by atoms with Crippen molar-refractivity contribution in [3.8, 4) is 0 Å². The van der Waals surface area contributed by atoms with Crippen LogP contribution in [0.4, 0.5) is 0 Å². The summed E-state index contributed by atoms with van der Waals surface area (Å²) in [6, 6.07) is 0. The Morgan fingerprint density at radius 3 is 2.36 bits per heavy atom. The van der Waals surface area contributed by atoms with Crippen molar-refractivity contribution >= 4 is 0 Å². The Morgan fingerprint density at radius 1 is 1.36 bits per heavy atom. The number of hydrogen-bond acceptors (Lipinski definition) is 2. The summed E-state index contributed by atoms with van der Waals surface area (Å²) in [4.78, 5) is 0. The van der Waals surface area contributed by atoms with Crippen molar-refractivity contribution in [1.29, 1.82) is 0 Å². The van der Waals surface area contributed by atoms with E-state index in [1.807, 2.05) is 0 Å². The van der Waals surface area contributed by atoms with Gasteiger partial charge < -0.3 is 9.84 Å². The maximum atomic E-state index is 9.06. The van der Waals surface area contributed by atoms with Crippen LogP contribution >= 0.6 is 0 Å². The Morgan fingerprint density at radius 2 is 2.00 bits per heavy atom.